The molecule has 0 aromatic heterocycles. The molecule has 0 radical (unpaired) electrons. The average Bonchev–Trinajstić information content (AvgIpc) is 2.95. The summed E-state index contributed by atoms with van der Waals surface area (Å²) in [7, 11) is -3.65. The first-order chi connectivity index (χ1) is 18.4. The lowest BCUT2D eigenvalue weighted by atomic mass is 9.96. The molecule has 0 atom stereocenters. The normalized spacial score (nSPS) is 14.9. The van der Waals surface area contributed by atoms with Gasteiger partial charge in [-0.25, -0.2) is 8.42 Å². The van der Waals surface area contributed by atoms with Crippen LogP contribution in [0.2, 0.25) is 0 Å². The molecule has 8 heteroatoms. The van der Waals surface area contributed by atoms with E-state index in [1.165, 1.54) is 11.1 Å². The number of nitrogens with zero attached hydrogens (tertiary/aromatic N) is 2. The van der Waals surface area contributed by atoms with Crippen molar-refractivity contribution in [2.24, 2.45) is 0 Å². The van der Waals surface area contributed by atoms with E-state index in [1.54, 1.807) is 52.8 Å². The van der Waals surface area contributed by atoms with Crippen molar-refractivity contribution in [1.82, 2.24) is 9.21 Å². The van der Waals surface area contributed by atoms with Gasteiger partial charge in [0.25, 0.3) is 5.91 Å². The monoisotopic (exact) mass is 589 g/mol. The Morgan fingerprint density at radius 1 is 0.711 bits per heavy atom. The minimum Gasteiger partial charge on any atom is -0.322 e. The van der Waals surface area contributed by atoms with Gasteiger partial charge in [0.1, 0.15) is 0 Å². The third-order valence-electron chi connectivity index (χ3n) is 6.73. The van der Waals surface area contributed by atoms with Gasteiger partial charge >= 0.3 is 0 Å². The van der Waals surface area contributed by atoms with E-state index < -0.39 is 10.0 Å². The highest BCUT2D eigenvalue weighted by atomic mass is 79.9. The number of nitrogens with one attached hydrogen (secondary N) is 1. The summed E-state index contributed by atoms with van der Waals surface area (Å²) in [5, 5.41) is 2.82. The van der Waals surface area contributed by atoms with E-state index in [4.69, 9.17) is 0 Å². The van der Waals surface area contributed by atoms with Gasteiger partial charge in [-0.1, -0.05) is 76.6 Å². The summed E-state index contributed by atoms with van der Waals surface area (Å²) in [5.74, 6) is -0.254. The third-order valence-corrected chi connectivity index (χ3v) is 9.17. The number of amides is 1. The molecule has 0 spiro atoms. The first-order valence-electron chi connectivity index (χ1n) is 12.4. The lowest BCUT2D eigenvalue weighted by molar-refractivity contribution is 0.102. The first-order valence-corrected chi connectivity index (χ1v) is 14.7. The zero-order valence-electron chi connectivity index (χ0n) is 20.7. The fourth-order valence-electron chi connectivity index (χ4n) is 4.75. The van der Waals surface area contributed by atoms with Crippen molar-refractivity contribution in [1.29, 1.82) is 0 Å². The quantitative estimate of drug-likeness (QED) is 0.296. The molecule has 4 aromatic carbocycles. The Labute approximate surface area is 232 Å². The molecular formula is C30H28BrN3O3S. The van der Waals surface area contributed by atoms with Crippen LogP contribution in [0, 0.1) is 0 Å². The van der Waals surface area contributed by atoms with Crippen molar-refractivity contribution in [3.63, 3.8) is 0 Å². The van der Waals surface area contributed by atoms with Crippen LogP contribution in [-0.4, -0.2) is 49.7 Å². The van der Waals surface area contributed by atoms with Gasteiger partial charge in [0, 0.05) is 41.9 Å². The Kier molecular flexibility index (Phi) is 8.04. The highest BCUT2D eigenvalue weighted by molar-refractivity contribution is 9.10. The number of sulfonamides is 1. The number of hydrogen-bond acceptors (Lipinski definition) is 4. The van der Waals surface area contributed by atoms with Crippen LogP contribution in [0.3, 0.4) is 0 Å². The Balaban J connectivity index is 1.26. The number of carbonyl (C=O) groups is 1. The average molecular weight is 591 g/mol. The second-order valence-electron chi connectivity index (χ2n) is 9.15. The maximum atomic E-state index is 13.4. The number of halogens is 1. The number of hydrogen-bond donors (Lipinski definition) is 1. The standard InChI is InChI=1S/C30H28BrN3O3S/c31-26-13-11-25(12-14-26)30(35)32-27-15-17-28(18-16-27)38(36,37)34-21-19-33(20-22-34)29(23-7-3-1-4-8-23)24-9-5-2-6-10-24/h1-18,29H,19-22H2,(H,32,35). The molecule has 38 heavy (non-hydrogen) atoms. The van der Waals surface area contributed by atoms with Crippen LogP contribution in [0.4, 0.5) is 5.69 Å². The zero-order chi connectivity index (χ0) is 26.5. The Morgan fingerprint density at radius 2 is 1.24 bits per heavy atom. The van der Waals surface area contributed by atoms with Gasteiger partial charge in [-0.05, 0) is 59.7 Å². The third kappa shape index (κ3) is 5.89. The molecule has 1 aliphatic rings. The second kappa shape index (κ2) is 11.6. The lowest BCUT2D eigenvalue weighted by Crippen LogP contribution is -2.49. The summed E-state index contributed by atoms with van der Waals surface area (Å²) in [6, 6.07) is 34.1. The van der Waals surface area contributed by atoms with Gasteiger partial charge in [-0.2, -0.15) is 4.31 Å². The van der Waals surface area contributed by atoms with Gasteiger partial charge in [0.05, 0.1) is 10.9 Å². The molecule has 0 saturated carbocycles. The van der Waals surface area contributed by atoms with E-state index in [1.807, 2.05) is 36.4 Å². The molecule has 0 unspecified atom stereocenters. The van der Waals surface area contributed by atoms with Crippen molar-refractivity contribution in [3.05, 3.63) is 130 Å². The van der Waals surface area contributed by atoms with Crippen LogP contribution in [0.5, 0.6) is 0 Å². The van der Waals surface area contributed by atoms with Crippen molar-refractivity contribution >= 4 is 37.5 Å². The molecule has 0 aliphatic carbocycles. The number of rotatable bonds is 7. The Bertz CT molecular complexity index is 1430. The van der Waals surface area contributed by atoms with E-state index in [0.29, 0.717) is 37.4 Å². The van der Waals surface area contributed by atoms with Crippen molar-refractivity contribution in [3.8, 4) is 0 Å². The minimum absolute atomic E-state index is 0.0656. The molecule has 1 fully saturated rings. The van der Waals surface area contributed by atoms with Crippen LogP contribution >= 0.6 is 15.9 Å². The van der Waals surface area contributed by atoms with Gasteiger partial charge < -0.3 is 5.32 Å². The van der Waals surface area contributed by atoms with Crippen molar-refractivity contribution in [2.75, 3.05) is 31.5 Å². The lowest BCUT2D eigenvalue weighted by Gasteiger charge is -2.39. The maximum Gasteiger partial charge on any atom is 0.255 e. The van der Waals surface area contributed by atoms with Crippen LogP contribution in [-0.2, 0) is 10.0 Å². The molecule has 194 valence electrons. The van der Waals surface area contributed by atoms with E-state index in [9.17, 15) is 13.2 Å². The smallest absolute Gasteiger partial charge is 0.255 e. The SMILES string of the molecule is O=C(Nc1ccc(S(=O)(=O)N2CCN(C(c3ccccc3)c3ccccc3)CC2)cc1)c1ccc(Br)cc1. The molecule has 4 aromatic rings. The highest BCUT2D eigenvalue weighted by Crippen LogP contribution is 2.30. The fraction of sp³-hybridized carbons (Fsp3) is 0.167. The summed E-state index contributed by atoms with van der Waals surface area (Å²) in [4.78, 5) is 15.1. The Morgan fingerprint density at radius 3 is 1.76 bits per heavy atom. The molecule has 1 N–H and O–H groups in total. The topological polar surface area (TPSA) is 69.7 Å². The number of benzene rings is 4. The molecule has 5 rings (SSSR count). The molecule has 1 saturated heterocycles. The van der Waals surface area contributed by atoms with Crippen molar-refractivity contribution in [2.45, 2.75) is 10.9 Å². The number of anilines is 1. The van der Waals surface area contributed by atoms with E-state index in [0.717, 1.165) is 4.47 Å². The highest BCUT2D eigenvalue weighted by Gasteiger charge is 2.32. The molecule has 0 bridgehead atoms. The zero-order valence-corrected chi connectivity index (χ0v) is 23.1. The van der Waals surface area contributed by atoms with Crippen molar-refractivity contribution < 1.29 is 13.2 Å². The van der Waals surface area contributed by atoms with Gasteiger partial charge in [0.2, 0.25) is 10.0 Å². The predicted octanol–water partition coefficient (Wildman–Crippen LogP) is 5.80. The Hall–Kier alpha value is -3.30. The number of piperazine rings is 1. The summed E-state index contributed by atoms with van der Waals surface area (Å²) < 4.78 is 29.2. The summed E-state index contributed by atoms with van der Waals surface area (Å²) in [5.41, 5.74) is 3.44. The molecule has 1 aliphatic heterocycles. The fourth-order valence-corrected chi connectivity index (χ4v) is 6.44. The summed E-state index contributed by atoms with van der Waals surface area (Å²) in [6.07, 6.45) is 0. The van der Waals surface area contributed by atoms with Crippen LogP contribution in [0.15, 0.2) is 119 Å². The molecular weight excluding hydrogens is 562 g/mol. The predicted molar refractivity (Wildman–Crippen MR) is 154 cm³/mol. The van der Waals surface area contributed by atoms with Crippen LogP contribution in [0.1, 0.15) is 27.5 Å². The van der Waals surface area contributed by atoms with Gasteiger partial charge in [0.15, 0.2) is 0 Å². The first kappa shape index (κ1) is 26.3. The number of carbonyl (C=O) groups excluding carboxylic acids is 1. The minimum atomic E-state index is -3.65. The summed E-state index contributed by atoms with van der Waals surface area (Å²) in [6.45, 7) is 2.05. The van der Waals surface area contributed by atoms with E-state index in [2.05, 4.69) is 50.4 Å². The van der Waals surface area contributed by atoms with Crippen LogP contribution in [0.25, 0.3) is 0 Å². The van der Waals surface area contributed by atoms with Gasteiger partial charge in [-0.15, -0.1) is 0 Å². The molecule has 1 heterocycles. The van der Waals surface area contributed by atoms with Gasteiger partial charge in [-0.3, -0.25) is 9.69 Å². The second-order valence-corrected chi connectivity index (χ2v) is 12.0. The summed E-state index contributed by atoms with van der Waals surface area (Å²) >= 11 is 3.36. The van der Waals surface area contributed by atoms with E-state index >= 15 is 0 Å². The molecule has 1 amide bonds. The largest absolute Gasteiger partial charge is 0.322 e. The molecule has 6 nitrogen and oxygen atoms in total. The maximum absolute atomic E-state index is 13.4. The van der Waals surface area contributed by atoms with E-state index in [-0.39, 0.29) is 16.8 Å². The van der Waals surface area contributed by atoms with Crippen LogP contribution < -0.4 is 5.32 Å².